The standard InChI is InChI=1S/C17H17N3O2/c1-11-4-9-14-15(10-11)19-17(21)16(14)18-12-5-7-13(8-6-12)22-20(2)3/h4-10H,1-3H3,(H,18,19,21). The third-order valence-corrected chi connectivity index (χ3v) is 3.26. The summed E-state index contributed by atoms with van der Waals surface area (Å²) in [4.78, 5) is 22.0. The zero-order chi connectivity index (χ0) is 15.7. The topological polar surface area (TPSA) is 53.9 Å². The normalized spacial score (nSPS) is 15.1. The molecule has 5 nitrogen and oxygen atoms in total. The fraction of sp³-hybridized carbons (Fsp3) is 0.176. The van der Waals surface area contributed by atoms with E-state index in [-0.39, 0.29) is 5.91 Å². The lowest BCUT2D eigenvalue weighted by atomic mass is 10.1. The molecule has 0 spiro atoms. The first kappa shape index (κ1) is 14.3. The van der Waals surface area contributed by atoms with E-state index < -0.39 is 0 Å². The van der Waals surface area contributed by atoms with Crippen molar-refractivity contribution < 1.29 is 9.63 Å². The highest BCUT2D eigenvalue weighted by molar-refractivity contribution is 6.54. The molecular weight excluding hydrogens is 278 g/mol. The molecule has 0 aliphatic carbocycles. The number of aryl methyl sites for hydroxylation is 1. The van der Waals surface area contributed by atoms with Gasteiger partial charge >= 0.3 is 0 Å². The van der Waals surface area contributed by atoms with E-state index in [1.165, 1.54) is 0 Å². The van der Waals surface area contributed by atoms with Crippen LogP contribution in [0, 0.1) is 6.92 Å². The number of rotatable bonds is 3. The van der Waals surface area contributed by atoms with Crippen LogP contribution in [0.5, 0.6) is 5.75 Å². The number of benzene rings is 2. The lowest BCUT2D eigenvalue weighted by Crippen LogP contribution is -2.15. The molecule has 1 heterocycles. The number of nitrogens with zero attached hydrogens (tertiary/aromatic N) is 2. The van der Waals surface area contributed by atoms with Gasteiger partial charge in [-0.15, -0.1) is 0 Å². The quantitative estimate of drug-likeness (QED) is 0.886. The minimum Gasteiger partial charge on any atom is -0.407 e. The van der Waals surface area contributed by atoms with E-state index in [9.17, 15) is 4.79 Å². The van der Waals surface area contributed by atoms with E-state index in [2.05, 4.69) is 10.3 Å². The molecule has 0 bridgehead atoms. The third kappa shape index (κ3) is 2.84. The van der Waals surface area contributed by atoms with Gasteiger partial charge in [-0.1, -0.05) is 12.1 Å². The molecule has 22 heavy (non-hydrogen) atoms. The maximum Gasteiger partial charge on any atom is 0.275 e. The second-order valence-corrected chi connectivity index (χ2v) is 5.36. The predicted octanol–water partition coefficient (Wildman–Crippen LogP) is 2.92. The summed E-state index contributed by atoms with van der Waals surface area (Å²) in [5.41, 5.74) is 3.91. The molecular formula is C17H17N3O2. The monoisotopic (exact) mass is 295 g/mol. The molecule has 0 atom stereocenters. The van der Waals surface area contributed by atoms with Crippen LogP contribution in [-0.4, -0.2) is 30.8 Å². The first-order valence-corrected chi connectivity index (χ1v) is 6.99. The zero-order valence-electron chi connectivity index (χ0n) is 12.8. The van der Waals surface area contributed by atoms with Crippen LogP contribution in [0.15, 0.2) is 47.5 Å². The van der Waals surface area contributed by atoms with Crippen LogP contribution in [0.2, 0.25) is 0 Å². The van der Waals surface area contributed by atoms with E-state index in [0.717, 1.165) is 22.6 Å². The van der Waals surface area contributed by atoms with Crippen molar-refractivity contribution >= 4 is 23.0 Å². The SMILES string of the molecule is Cc1ccc2c(c1)NC(=O)C2=Nc1ccc(ON(C)C)cc1. The van der Waals surface area contributed by atoms with Gasteiger partial charge in [0.25, 0.3) is 5.91 Å². The van der Waals surface area contributed by atoms with Gasteiger partial charge in [0.1, 0.15) is 11.5 Å². The Morgan fingerprint density at radius 3 is 2.50 bits per heavy atom. The third-order valence-electron chi connectivity index (χ3n) is 3.26. The molecule has 112 valence electrons. The lowest BCUT2D eigenvalue weighted by Gasteiger charge is -2.11. The Hall–Kier alpha value is -2.66. The summed E-state index contributed by atoms with van der Waals surface area (Å²) in [7, 11) is 3.63. The number of anilines is 1. The maximum absolute atomic E-state index is 12.1. The Bertz CT molecular complexity index is 749. The summed E-state index contributed by atoms with van der Waals surface area (Å²) in [6.07, 6.45) is 0. The Kier molecular flexibility index (Phi) is 3.65. The van der Waals surface area contributed by atoms with Crippen molar-refractivity contribution in [2.45, 2.75) is 6.92 Å². The lowest BCUT2D eigenvalue weighted by molar-refractivity contribution is -0.110. The number of fused-ring (bicyclic) bond motifs is 1. The summed E-state index contributed by atoms with van der Waals surface area (Å²) in [5.74, 6) is 0.551. The molecule has 1 aliphatic heterocycles. The maximum atomic E-state index is 12.1. The summed E-state index contributed by atoms with van der Waals surface area (Å²) >= 11 is 0. The summed E-state index contributed by atoms with van der Waals surface area (Å²) in [6.45, 7) is 1.99. The van der Waals surface area contributed by atoms with Gasteiger partial charge in [0.15, 0.2) is 0 Å². The second-order valence-electron chi connectivity index (χ2n) is 5.36. The molecule has 5 heteroatoms. The minimum absolute atomic E-state index is 0.172. The fourth-order valence-corrected chi connectivity index (χ4v) is 2.30. The van der Waals surface area contributed by atoms with Gasteiger partial charge in [-0.05, 0) is 42.8 Å². The van der Waals surface area contributed by atoms with E-state index in [1.807, 2.05) is 63.5 Å². The van der Waals surface area contributed by atoms with Crippen LogP contribution in [0.4, 0.5) is 11.4 Å². The summed E-state index contributed by atoms with van der Waals surface area (Å²) < 4.78 is 0. The largest absolute Gasteiger partial charge is 0.407 e. The van der Waals surface area contributed by atoms with Gasteiger partial charge in [-0.2, -0.15) is 5.06 Å². The van der Waals surface area contributed by atoms with Crippen molar-refractivity contribution in [1.29, 1.82) is 0 Å². The number of nitrogens with one attached hydrogen (secondary N) is 1. The Labute approximate surface area is 129 Å². The minimum atomic E-state index is -0.172. The van der Waals surface area contributed by atoms with Crippen LogP contribution in [-0.2, 0) is 4.79 Å². The van der Waals surface area contributed by atoms with Gasteiger partial charge < -0.3 is 10.2 Å². The molecule has 1 amide bonds. The molecule has 1 N–H and O–H groups in total. The molecule has 0 fully saturated rings. The zero-order valence-corrected chi connectivity index (χ0v) is 12.8. The van der Waals surface area contributed by atoms with Crippen LogP contribution in [0.3, 0.4) is 0 Å². The molecule has 0 unspecified atom stereocenters. The first-order valence-electron chi connectivity index (χ1n) is 6.99. The average Bonchev–Trinajstić information content (AvgIpc) is 2.75. The van der Waals surface area contributed by atoms with E-state index in [0.29, 0.717) is 11.4 Å². The van der Waals surface area contributed by atoms with Crippen LogP contribution in [0.25, 0.3) is 0 Å². The van der Waals surface area contributed by atoms with Crippen molar-refractivity contribution in [3.8, 4) is 5.75 Å². The van der Waals surface area contributed by atoms with Crippen LogP contribution in [0.1, 0.15) is 11.1 Å². The highest BCUT2D eigenvalue weighted by atomic mass is 16.7. The average molecular weight is 295 g/mol. The van der Waals surface area contributed by atoms with Gasteiger partial charge in [0.2, 0.25) is 0 Å². The molecule has 0 radical (unpaired) electrons. The molecule has 1 aliphatic rings. The van der Waals surface area contributed by atoms with E-state index >= 15 is 0 Å². The molecule has 2 aromatic rings. The Morgan fingerprint density at radius 1 is 1.09 bits per heavy atom. The van der Waals surface area contributed by atoms with Gasteiger partial charge in [-0.3, -0.25) is 4.79 Å². The van der Waals surface area contributed by atoms with E-state index in [4.69, 9.17) is 4.84 Å². The number of carbonyl (C=O) groups is 1. The molecule has 0 saturated heterocycles. The Morgan fingerprint density at radius 2 is 1.82 bits per heavy atom. The van der Waals surface area contributed by atoms with Gasteiger partial charge in [-0.25, -0.2) is 4.99 Å². The van der Waals surface area contributed by atoms with Crippen LogP contribution < -0.4 is 10.2 Å². The van der Waals surface area contributed by atoms with Crippen LogP contribution >= 0.6 is 0 Å². The number of carbonyl (C=O) groups excluding carboxylic acids is 1. The molecule has 3 rings (SSSR count). The molecule has 0 saturated carbocycles. The van der Waals surface area contributed by atoms with Crippen molar-refractivity contribution in [3.63, 3.8) is 0 Å². The number of hydrogen-bond acceptors (Lipinski definition) is 4. The van der Waals surface area contributed by atoms with Crippen molar-refractivity contribution in [2.24, 2.45) is 4.99 Å². The number of hydrogen-bond donors (Lipinski definition) is 1. The van der Waals surface area contributed by atoms with Crippen molar-refractivity contribution in [1.82, 2.24) is 5.06 Å². The predicted molar refractivity (Wildman–Crippen MR) is 86.8 cm³/mol. The highest BCUT2D eigenvalue weighted by Gasteiger charge is 2.25. The first-order chi connectivity index (χ1) is 10.5. The van der Waals surface area contributed by atoms with Crippen molar-refractivity contribution in [2.75, 3.05) is 19.4 Å². The van der Waals surface area contributed by atoms with Gasteiger partial charge in [0.05, 0.1) is 11.4 Å². The smallest absolute Gasteiger partial charge is 0.275 e. The summed E-state index contributed by atoms with van der Waals surface area (Å²) in [5, 5.41) is 4.46. The number of amides is 1. The molecule has 2 aromatic carbocycles. The second kappa shape index (κ2) is 5.61. The number of hydroxylamine groups is 2. The van der Waals surface area contributed by atoms with Crippen molar-refractivity contribution in [3.05, 3.63) is 53.6 Å². The number of aliphatic imine (C=N–C) groups is 1. The Balaban J connectivity index is 1.91. The van der Waals surface area contributed by atoms with Gasteiger partial charge in [0, 0.05) is 19.7 Å². The summed E-state index contributed by atoms with van der Waals surface area (Å²) in [6, 6.07) is 13.1. The molecule has 0 aromatic heterocycles. The fourth-order valence-electron chi connectivity index (χ4n) is 2.30. The van der Waals surface area contributed by atoms with E-state index in [1.54, 1.807) is 5.06 Å². The highest BCUT2D eigenvalue weighted by Crippen LogP contribution is 2.27.